The van der Waals surface area contributed by atoms with E-state index < -0.39 is 0 Å². The van der Waals surface area contributed by atoms with Gasteiger partial charge < -0.3 is 10.5 Å². The Morgan fingerprint density at radius 3 is 2.46 bits per heavy atom. The molecule has 3 N–H and O–H groups in total. The Kier molecular flexibility index (Phi) is 7.39. The number of benzene rings is 1. The third kappa shape index (κ3) is 4.81. The molecular weight excluding hydrogens is 382 g/mol. The van der Waals surface area contributed by atoms with Crippen LogP contribution in [0.3, 0.4) is 0 Å². The maximum Gasteiger partial charge on any atom is 0.350 e. The summed E-state index contributed by atoms with van der Waals surface area (Å²) in [4.78, 5) is 24.0. The molecule has 8 nitrogen and oxygen atoms in total. The van der Waals surface area contributed by atoms with Crippen molar-refractivity contribution in [1.29, 1.82) is 5.41 Å². The van der Waals surface area contributed by atoms with Crippen molar-refractivity contribution in [3.63, 3.8) is 0 Å². The van der Waals surface area contributed by atoms with Gasteiger partial charge in [0.1, 0.15) is 12.2 Å². The molecule has 0 unspecified atom stereocenters. The molecular formula is C19H26ClN5O3. The van der Waals surface area contributed by atoms with Crippen molar-refractivity contribution in [1.82, 2.24) is 14.3 Å². The quantitative estimate of drug-likeness (QED) is 0.433. The molecule has 0 amide bonds. The van der Waals surface area contributed by atoms with E-state index in [0.717, 1.165) is 32.1 Å². The van der Waals surface area contributed by atoms with Gasteiger partial charge in [-0.1, -0.05) is 0 Å². The highest BCUT2D eigenvalue weighted by atomic mass is 35.5. The minimum Gasteiger partial charge on any atom is -0.469 e. The SMILES string of the molecule is COC(=O)CCC1CCC(n2ncn(-c3ccc(C(=N)N)cc3)c2=O)CC1.Cl. The van der Waals surface area contributed by atoms with E-state index in [1.54, 1.807) is 28.9 Å². The molecule has 1 saturated carbocycles. The predicted octanol–water partition coefficient (Wildman–Crippen LogP) is 2.42. The van der Waals surface area contributed by atoms with Crippen LogP contribution in [0.2, 0.25) is 0 Å². The van der Waals surface area contributed by atoms with Gasteiger partial charge in [-0.2, -0.15) is 5.10 Å². The summed E-state index contributed by atoms with van der Waals surface area (Å²) in [6.07, 6.45) is 6.55. The molecule has 0 atom stereocenters. The van der Waals surface area contributed by atoms with Crippen molar-refractivity contribution in [2.75, 3.05) is 7.11 Å². The number of carbonyl (C=O) groups is 1. The molecule has 0 spiro atoms. The number of hydrogen-bond acceptors (Lipinski definition) is 5. The van der Waals surface area contributed by atoms with Gasteiger partial charge in [-0.15, -0.1) is 12.4 Å². The van der Waals surface area contributed by atoms with Crippen LogP contribution in [0.4, 0.5) is 0 Å². The Bertz CT molecular complexity index is 866. The molecule has 1 heterocycles. The van der Waals surface area contributed by atoms with Crippen LogP contribution in [0.15, 0.2) is 35.4 Å². The third-order valence-corrected chi connectivity index (χ3v) is 5.30. The first-order valence-corrected chi connectivity index (χ1v) is 9.17. The molecule has 2 aromatic rings. The fraction of sp³-hybridized carbons (Fsp3) is 0.474. The van der Waals surface area contributed by atoms with Crippen molar-refractivity contribution in [2.24, 2.45) is 11.7 Å². The van der Waals surface area contributed by atoms with E-state index in [0.29, 0.717) is 23.6 Å². The van der Waals surface area contributed by atoms with Crippen molar-refractivity contribution in [3.05, 3.63) is 46.6 Å². The summed E-state index contributed by atoms with van der Waals surface area (Å²) in [5.41, 5.74) is 6.61. The summed E-state index contributed by atoms with van der Waals surface area (Å²) in [7, 11) is 1.41. The van der Waals surface area contributed by atoms with Crippen LogP contribution in [0, 0.1) is 11.3 Å². The molecule has 1 aliphatic rings. The maximum atomic E-state index is 12.8. The zero-order valence-electron chi connectivity index (χ0n) is 15.8. The van der Waals surface area contributed by atoms with Gasteiger partial charge in [0.2, 0.25) is 0 Å². The number of nitrogen functional groups attached to an aromatic ring is 1. The van der Waals surface area contributed by atoms with E-state index in [9.17, 15) is 9.59 Å². The Morgan fingerprint density at radius 1 is 1.25 bits per heavy atom. The number of nitrogens with zero attached hydrogens (tertiary/aromatic N) is 3. The van der Waals surface area contributed by atoms with Crippen molar-refractivity contribution in [3.8, 4) is 5.69 Å². The summed E-state index contributed by atoms with van der Waals surface area (Å²) in [5, 5.41) is 11.8. The summed E-state index contributed by atoms with van der Waals surface area (Å²) in [6.45, 7) is 0. The van der Waals surface area contributed by atoms with E-state index in [4.69, 9.17) is 15.9 Å². The van der Waals surface area contributed by atoms with E-state index in [1.165, 1.54) is 18.0 Å². The number of esters is 1. The van der Waals surface area contributed by atoms with Crippen LogP contribution < -0.4 is 11.4 Å². The van der Waals surface area contributed by atoms with Crippen molar-refractivity contribution in [2.45, 2.75) is 44.6 Å². The Labute approximate surface area is 169 Å². The molecule has 3 rings (SSSR count). The number of ether oxygens (including phenoxy) is 1. The number of nitrogens with two attached hydrogens (primary N) is 1. The number of aromatic nitrogens is 3. The molecule has 28 heavy (non-hydrogen) atoms. The molecule has 1 aromatic carbocycles. The molecule has 0 radical (unpaired) electrons. The average molecular weight is 408 g/mol. The van der Waals surface area contributed by atoms with E-state index in [2.05, 4.69) is 5.10 Å². The lowest BCUT2D eigenvalue weighted by Crippen LogP contribution is -2.30. The number of methoxy groups -OCH3 is 1. The average Bonchev–Trinajstić information content (AvgIpc) is 3.08. The Morgan fingerprint density at radius 2 is 1.89 bits per heavy atom. The maximum absolute atomic E-state index is 12.8. The number of rotatable bonds is 6. The van der Waals surface area contributed by atoms with E-state index >= 15 is 0 Å². The van der Waals surface area contributed by atoms with Crippen LogP contribution in [0.1, 0.15) is 50.1 Å². The summed E-state index contributed by atoms with van der Waals surface area (Å²) >= 11 is 0. The van der Waals surface area contributed by atoms with Gasteiger partial charge in [0.05, 0.1) is 18.8 Å². The number of hydrogen-bond donors (Lipinski definition) is 2. The minimum atomic E-state index is -0.164. The fourth-order valence-corrected chi connectivity index (χ4v) is 3.65. The van der Waals surface area contributed by atoms with Gasteiger partial charge in [0.25, 0.3) is 0 Å². The van der Waals surface area contributed by atoms with Gasteiger partial charge in [-0.3, -0.25) is 10.2 Å². The summed E-state index contributed by atoms with van der Waals surface area (Å²) in [5.74, 6) is 0.327. The summed E-state index contributed by atoms with van der Waals surface area (Å²) in [6, 6.07) is 7.04. The van der Waals surface area contributed by atoms with Crippen LogP contribution in [-0.4, -0.2) is 33.3 Å². The van der Waals surface area contributed by atoms with Crippen molar-refractivity contribution < 1.29 is 9.53 Å². The van der Waals surface area contributed by atoms with Gasteiger partial charge in [0.15, 0.2) is 0 Å². The molecule has 1 aliphatic carbocycles. The number of nitrogens with one attached hydrogen (secondary N) is 1. The third-order valence-electron chi connectivity index (χ3n) is 5.30. The topological polar surface area (TPSA) is 116 Å². The first kappa shape index (κ1) is 21.7. The van der Waals surface area contributed by atoms with Gasteiger partial charge in [0, 0.05) is 12.0 Å². The van der Waals surface area contributed by atoms with E-state index in [1.807, 2.05) is 0 Å². The van der Waals surface area contributed by atoms with Gasteiger partial charge >= 0.3 is 11.7 Å². The second-order valence-electron chi connectivity index (χ2n) is 6.98. The molecule has 0 saturated heterocycles. The highest BCUT2D eigenvalue weighted by Gasteiger charge is 2.25. The highest BCUT2D eigenvalue weighted by Crippen LogP contribution is 2.33. The van der Waals surface area contributed by atoms with Crippen LogP contribution in [0.25, 0.3) is 5.69 Å². The molecule has 9 heteroatoms. The zero-order valence-corrected chi connectivity index (χ0v) is 16.7. The molecule has 152 valence electrons. The Hall–Kier alpha value is -2.61. The minimum absolute atomic E-state index is 0. The van der Waals surface area contributed by atoms with Crippen LogP contribution in [-0.2, 0) is 9.53 Å². The molecule has 0 aliphatic heterocycles. The molecule has 1 aromatic heterocycles. The Balaban J connectivity index is 0.00000280. The van der Waals surface area contributed by atoms with Crippen LogP contribution in [0.5, 0.6) is 0 Å². The lowest BCUT2D eigenvalue weighted by atomic mass is 9.83. The first-order valence-electron chi connectivity index (χ1n) is 9.17. The van der Waals surface area contributed by atoms with E-state index in [-0.39, 0.29) is 35.9 Å². The lowest BCUT2D eigenvalue weighted by molar-refractivity contribution is -0.141. The lowest BCUT2D eigenvalue weighted by Gasteiger charge is -2.27. The largest absolute Gasteiger partial charge is 0.469 e. The second-order valence-corrected chi connectivity index (χ2v) is 6.98. The number of halogens is 1. The second kappa shape index (κ2) is 9.54. The highest BCUT2D eigenvalue weighted by molar-refractivity contribution is 5.95. The zero-order chi connectivity index (χ0) is 19.4. The molecule has 0 bridgehead atoms. The smallest absolute Gasteiger partial charge is 0.350 e. The standard InChI is InChI=1S/C19H25N5O3.ClH/c1-27-17(25)11-4-13-2-7-16(8-3-13)24-19(26)23(12-22-24)15-9-5-14(6-10-15)18(20)21;/h5-6,9-10,12-13,16H,2-4,7-8,11H2,1H3,(H3,20,21);1H. The van der Waals surface area contributed by atoms with Crippen LogP contribution >= 0.6 is 12.4 Å². The predicted molar refractivity (Wildman–Crippen MR) is 108 cm³/mol. The summed E-state index contributed by atoms with van der Waals surface area (Å²) < 4.78 is 7.77. The fourth-order valence-electron chi connectivity index (χ4n) is 3.65. The van der Waals surface area contributed by atoms with Crippen molar-refractivity contribution >= 4 is 24.2 Å². The van der Waals surface area contributed by atoms with Gasteiger partial charge in [-0.25, -0.2) is 14.0 Å². The molecule has 1 fully saturated rings. The first-order chi connectivity index (χ1) is 13.0. The monoisotopic (exact) mass is 407 g/mol. The number of amidine groups is 1. The van der Waals surface area contributed by atoms with Gasteiger partial charge in [-0.05, 0) is 62.3 Å². The normalized spacial score (nSPS) is 18.9. The number of carbonyl (C=O) groups excluding carboxylic acids is 1.